The molecule has 0 unspecified atom stereocenters. The highest BCUT2D eigenvalue weighted by Gasteiger charge is 2.20. The predicted octanol–water partition coefficient (Wildman–Crippen LogP) is 3.28. The van der Waals surface area contributed by atoms with E-state index in [9.17, 15) is 10.1 Å². The van der Waals surface area contributed by atoms with Crippen molar-refractivity contribution in [2.45, 2.75) is 32.4 Å². The Morgan fingerprint density at radius 2 is 2.30 bits per heavy atom. The van der Waals surface area contributed by atoms with Crippen LogP contribution >= 0.6 is 11.3 Å². The Morgan fingerprint density at radius 3 is 3.00 bits per heavy atom. The summed E-state index contributed by atoms with van der Waals surface area (Å²) in [6, 6.07) is 5.91. The number of hydrogen-bond donors (Lipinski definition) is 1. The molecule has 0 atom stereocenters. The molecule has 1 aromatic carbocycles. The number of aromatic nitrogens is 1. The first-order valence-electron chi connectivity index (χ1n) is 6.56. The van der Waals surface area contributed by atoms with Crippen molar-refractivity contribution in [2.75, 3.05) is 0 Å². The van der Waals surface area contributed by atoms with E-state index in [2.05, 4.69) is 10.3 Å². The molecule has 3 rings (SSSR count). The maximum atomic E-state index is 11.0. The lowest BCUT2D eigenvalue weighted by atomic mass is 10.1. The number of nitro groups is 1. The zero-order valence-corrected chi connectivity index (χ0v) is 11.9. The normalized spacial score (nSPS) is 14.4. The van der Waals surface area contributed by atoms with Crippen molar-refractivity contribution in [2.24, 2.45) is 0 Å². The second kappa shape index (κ2) is 5.30. The molecule has 0 amide bonds. The van der Waals surface area contributed by atoms with E-state index in [0.29, 0.717) is 11.6 Å². The minimum Gasteiger partial charge on any atom is -0.308 e. The smallest absolute Gasteiger partial charge is 0.272 e. The standard InChI is InChI=1S/C14H15N3O2S/c1-9-2-3-10(6-13(9)17(18)19)12-8-20-14(16-12)7-15-11-4-5-11/h2-3,6,8,11,15H,4-5,7H2,1H3. The number of nitrogens with one attached hydrogen (secondary N) is 1. The number of rotatable bonds is 5. The van der Waals surface area contributed by atoms with Crippen molar-refractivity contribution in [3.05, 3.63) is 44.3 Å². The number of thiazole rings is 1. The van der Waals surface area contributed by atoms with E-state index in [1.807, 2.05) is 11.4 Å². The van der Waals surface area contributed by atoms with Gasteiger partial charge in [0.05, 0.1) is 10.6 Å². The summed E-state index contributed by atoms with van der Waals surface area (Å²) in [5, 5.41) is 17.4. The van der Waals surface area contributed by atoms with Crippen LogP contribution in [0.5, 0.6) is 0 Å². The molecular weight excluding hydrogens is 274 g/mol. The van der Waals surface area contributed by atoms with Crippen LogP contribution in [-0.2, 0) is 6.54 Å². The van der Waals surface area contributed by atoms with Gasteiger partial charge in [0.2, 0.25) is 0 Å². The van der Waals surface area contributed by atoms with Crippen molar-refractivity contribution in [1.29, 1.82) is 0 Å². The fourth-order valence-corrected chi connectivity index (χ4v) is 2.76. The topological polar surface area (TPSA) is 68.1 Å². The third kappa shape index (κ3) is 2.86. The number of benzene rings is 1. The molecule has 1 aliphatic carbocycles. The molecule has 1 saturated carbocycles. The van der Waals surface area contributed by atoms with Gasteiger partial charge in [-0.25, -0.2) is 4.98 Å². The quantitative estimate of drug-likeness (QED) is 0.677. The molecule has 1 aliphatic rings. The van der Waals surface area contributed by atoms with Crippen LogP contribution in [-0.4, -0.2) is 15.9 Å². The van der Waals surface area contributed by atoms with Gasteiger partial charge in [0.25, 0.3) is 5.69 Å². The van der Waals surface area contributed by atoms with E-state index in [0.717, 1.165) is 22.8 Å². The van der Waals surface area contributed by atoms with Crippen molar-refractivity contribution in [1.82, 2.24) is 10.3 Å². The van der Waals surface area contributed by atoms with E-state index in [4.69, 9.17) is 0 Å². The summed E-state index contributed by atoms with van der Waals surface area (Å²) < 4.78 is 0. The second-order valence-corrected chi connectivity index (χ2v) is 5.98. The van der Waals surface area contributed by atoms with Crippen LogP contribution in [0.15, 0.2) is 23.6 Å². The molecule has 2 aromatic rings. The average molecular weight is 289 g/mol. The van der Waals surface area contributed by atoms with Gasteiger partial charge in [-0.1, -0.05) is 12.1 Å². The third-order valence-corrected chi connectivity index (χ3v) is 4.22. The molecule has 20 heavy (non-hydrogen) atoms. The molecule has 6 heteroatoms. The summed E-state index contributed by atoms with van der Waals surface area (Å²) in [6.07, 6.45) is 2.50. The number of aryl methyl sites for hydroxylation is 1. The molecule has 0 bridgehead atoms. The Hall–Kier alpha value is -1.79. The molecule has 104 valence electrons. The Morgan fingerprint density at radius 1 is 1.50 bits per heavy atom. The van der Waals surface area contributed by atoms with Crippen LogP contribution in [0.4, 0.5) is 5.69 Å². The Balaban J connectivity index is 1.81. The van der Waals surface area contributed by atoms with Gasteiger partial charge < -0.3 is 5.32 Å². The minimum absolute atomic E-state index is 0.146. The van der Waals surface area contributed by atoms with Crippen molar-refractivity contribution in [3.63, 3.8) is 0 Å². The van der Waals surface area contributed by atoms with Gasteiger partial charge >= 0.3 is 0 Å². The van der Waals surface area contributed by atoms with Crippen LogP contribution in [0.3, 0.4) is 0 Å². The third-order valence-electron chi connectivity index (χ3n) is 3.37. The molecule has 0 saturated heterocycles. The Labute approximate surface area is 120 Å². The summed E-state index contributed by atoms with van der Waals surface area (Å²) in [5.74, 6) is 0. The van der Waals surface area contributed by atoms with Crippen LogP contribution in [0.1, 0.15) is 23.4 Å². The van der Waals surface area contributed by atoms with Gasteiger partial charge in [-0.3, -0.25) is 10.1 Å². The summed E-state index contributed by atoms with van der Waals surface area (Å²) in [4.78, 5) is 15.2. The number of hydrogen-bond acceptors (Lipinski definition) is 5. The first kappa shape index (κ1) is 13.2. The molecule has 1 N–H and O–H groups in total. The van der Waals surface area contributed by atoms with Crippen LogP contribution in [0.2, 0.25) is 0 Å². The van der Waals surface area contributed by atoms with E-state index in [1.165, 1.54) is 12.8 Å². The maximum absolute atomic E-state index is 11.0. The van der Waals surface area contributed by atoms with E-state index < -0.39 is 0 Å². The summed E-state index contributed by atoms with van der Waals surface area (Å²) in [6.45, 7) is 2.53. The fourth-order valence-electron chi connectivity index (χ4n) is 2.01. The molecule has 5 nitrogen and oxygen atoms in total. The van der Waals surface area contributed by atoms with E-state index in [-0.39, 0.29) is 10.6 Å². The van der Waals surface area contributed by atoms with Crippen molar-refractivity contribution >= 4 is 17.0 Å². The molecule has 1 aromatic heterocycles. The zero-order valence-electron chi connectivity index (χ0n) is 11.1. The summed E-state index contributed by atoms with van der Waals surface area (Å²) >= 11 is 1.59. The van der Waals surface area contributed by atoms with Gasteiger partial charge in [0, 0.05) is 35.2 Å². The highest BCUT2D eigenvalue weighted by Crippen LogP contribution is 2.28. The highest BCUT2D eigenvalue weighted by molar-refractivity contribution is 7.09. The zero-order chi connectivity index (χ0) is 14.1. The predicted molar refractivity (Wildman–Crippen MR) is 78.8 cm³/mol. The maximum Gasteiger partial charge on any atom is 0.272 e. The molecule has 0 spiro atoms. The SMILES string of the molecule is Cc1ccc(-c2csc(CNC3CC3)n2)cc1[N+](=O)[O-]. The van der Waals surface area contributed by atoms with Crippen molar-refractivity contribution < 1.29 is 4.92 Å². The lowest BCUT2D eigenvalue weighted by Crippen LogP contribution is -2.14. The Bertz CT molecular complexity index is 650. The van der Waals surface area contributed by atoms with E-state index >= 15 is 0 Å². The van der Waals surface area contributed by atoms with E-state index in [1.54, 1.807) is 30.4 Å². The first-order chi connectivity index (χ1) is 9.63. The molecule has 1 fully saturated rings. The monoisotopic (exact) mass is 289 g/mol. The average Bonchev–Trinajstić information content (AvgIpc) is 3.14. The van der Waals surface area contributed by atoms with Crippen molar-refractivity contribution in [3.8, 4) is 11.3 Å². The van der Waals surface area contributed by atoms with Crippen LogP contribution in [0, 0.1) is 17.0 Å². The van der Waals surface area contributed by atoms with Gasteiger partial charge in [-0.15, -0.1) is 11.3 Å². The molecule has 1 heterocycles. The summed E-state index contributed by atoms with van der Waals surface area (Å²) in [5.41, 5.74) is 2.43. The largest absolute Gasteiger partial charge is 0.308 e. The first-order valence-corrected chi connectivity index (χ1v) is 7.44. The molecule has 0 radical (unpaired) electrons. The Kier molecular flexibility index (Phi) is 3.50. The number of nitrogens with zero attached hydrogens (tertiary/aromatic N) is 2. The minimum atomic E-state index is -0.346. The van der Waals surface area contributed by atoms with Gasteiger partial charge in [-0.2, -0.15) is 0 Å². The van der Waals surface area contributed by atoms with Gasteiger partial charge in [0.1, 0.15) is 5.01 Å². The van der Waals surface area contributed by atoms with Gasteiger partial charge in [-0.05, 0) is 19.8 Å². The molecule has 0 aliphatic heterocycles. The fraction of sp³-hybridized carbons (Fsp3) is 0.357. The second-order valence-electron chi connectivity index (χ2n) is 5.04. The van der Waals surface area contributed by atoms with Crippen LogP contribution < -0.4 is 5.32 Å². The van der Waals surface area contributed by atoms with Crippen LogP contribution in [0.25, 0.3) is 11.3 Å². The lowest BCUT2D eigenvalue weighted by molar-refractivity contribution is -0.385. The molecular formula is C14H15N3O2S. The summed E-state index contributed by atoms with van der Waals surface area (Å²) in [7, 11) is 0. The van der Waals surface area contributed by atoms with Gasteiger partial charge in [0.15, 0.2) is 0 Å². The lowest BCUT2D eigenvalue weighted by Gasteiger charge is -2.00. The highest BCUT2D eigenvalue weighted by atomic mass is 32.1. The number of nitro benzene ring substituents is 1.